The predicted octanol–water partition coefficient (Wildman–Crippen LogP) is 2.47. The molecule has 1 aromatic carbocycles. The van der Waals surface area contributed by atoms with Crippen molar-refractivity contribution in [3.63, 3.8) is 0 Å². The van der Waals surface area contributed by atoms with E-state index in [1.807, 2.05) is 0 Å². The van der Waals surface area contributed by atoms with Crippen molar-refractivity contribution in [2.24, 2.45) is 0 Å². The first-order valence-electron chi connectivity index (χ1n) is 6.73. The van der Waals surface area contributed by atoms with Gasteiger partial charge in [-0.1, -0.05) is 17.7 Å². The molecule has 1 aliphatic rings. The Kier molecular flexibility index (Phi) is 2.85. The fraction of sp³-hybridized carbons (Fsp3) is 0.0667. The third-order valence-corrected chi connectivity index (χ3v) is 4.14. The second-order valence-electron chi connectivity index (χ2n) is 5.09. The molecule has 3 heterocycles. The third-order valence-electron chi connectivity index (χ3n) is 3.79. The molecular weight excluding hydrogens is 320 g/mol. The van der Waals surface area contributed by atoms with Crippen molar-refractivity contribution in [2.75, 3.05) is 4.90 Å². The van der Waals surface area contributed by atoms with Crippen LogP contribution < -0.4 is 4.90 Å². The lowest BCUT2D eigenvalue weighted by molar-refractivity contribution is 0.0698. The number of aromatic amines is 1. The Morgan fingerprint density at radius 1 is 1.39 bits per heavy atom. The van der Waals surface area contributed by atoms with Gasteiger partial charge in [0.25, 0.3) is 5.91 Å². The van der Waals surface area contributed by atoms with Crippen LogP contribution in [-0.2, 0) is 6.54 Å². The summed E-state index contributed by atoms with van der Waals surface area (Å²) in [6, 6.07) is 5.14. The number of nitrogens with one attached hydrogen (secondary N) is 1. The number of carboxylic acid groups (broad SMARTS) is 1. The van der Waals surface area contributed by atoms with Gasteiger partial charge in [-0.05, 0) is 12.1 Å². The van der Waals surface area contributed by atoms with Crippen LogP contribution in [0.15, 0.2) is 30.6 Å². The SMILES string of the molecule is O=C(O)c1c[nH]c2ncc(N3Cc4c(Cl)cccc4C3=O)nc12. The molecule has 0 fully saturated rings. The van der Waals surface area contributed by atoms with Gasteiger partial charge in [0.2, 0.25) is 0 Å². The Balaban J connectivity index is 1.82. The zero-order valence-electron chi connectivity index (χ0n) is 11.6. The summed E-state index contributed by atoms with van der Waals surface area (Å²) < 4.78 is 0. The fourth-order valence-corrected chi connectivity index (χ4v) is 2.89. The highest BCUT2D eigenvalue weighted by Gasteiger charge is 2.31. The summed E-state index contributed by atoms with van der Waals surface area (Å²) in [6.07, 6.45) is 2.76. The molecule has 0 bridgehead atoms. The van der Waals surface area contributed by atoms with Gasteiger partial charge in [-0.25, -0.2) is 14.8 Å². The molecule has 0 unspecified atom stereocenters. The molecule has 0 aliphatic carbocycles. The number of hydrogen-bond acceptors (Lipinski definition) is 4. The third kappa shape index (κ3) is 1.97. The van der Waals surface area contributed by atoms with Crippen LogP contribution in [0.5, 0.6) is 0 Å². The highest BCUT2D eigenvalue weighted by molar-refractivity contribution is 6.32. The quantitative estimate of drug-likeness (QED) is 0.752. The molecule has 8 heteroatoms. The van der Waals surface area contributed by atoms with Gasteiger partial charge < -0.3 is 10.1 Å². The van der Waals surface area contributed by atoms with E-state index >= 15 is 0 Å². The van der Waals surface area contributed by atoms with Crippen LogP contribution in [0, 0.1) is 0 Å². The van der Waals surface area contributed by atoms with Crippen molar-refractivity contribution in [3.8, 4) is 0 Å². The average molecular weight is 329 g/mol. The number of amides is 1. The number of benzene rings is 1. The van der Waals surface area contributed by atoms with Crippen LogP contribution in [-0.4, -0.2) is 31.9 Å². The number of carboxylic acids is 1. The van der Waals surface area contributed by atoms with E-state index in [2.05, 4.69) is 15.0 Å². The minimum Gasteiger partial charge on any atom is -0.478 e. The number of nitrogens with zero attached hydrogens (tertiary/aromatic N) is 3. The Hall–Kier alpha value is -2.93. The lowest BCUT2D eigenvalue weighted by Gasteiger charge is -2.14. The summed E-state index contributed by atoms with van der Waals surface area (Å²) in [5.41, 5.74) is 1.83. The maximum Gasteiger partial charge on any atom is 0.339 e. The summed E-state index contributed by atoms with van der Waals surface area (Å²) in [6.45, 7) is 0.279. The minimum atomic E-state index is -1.11. The van der Waals surface area contributed by atoms with Crippen molar-refractivity contribution in [2.45, 2.75) is 6.54 Å². The molecule has 0 atom stereocenters. The molecule has 0 saturated heterocycles. The second kappa shape index (κ2) is 4.79. The van der Waals surface area contributed by atoms with E-state index in [9.17, 15) is 14.7 Å². The van der Waals surface area contributed by atoms with Crippen molar-refractivity contribution in [1.29, 1.82) is 0 Å². The first-order chi connectivity index (χ1) is 11.1. The largest absolute Gasteiger partial charge is 0.478 e. The number of halogens is 1. The number of carbonyl (C=O) groups excluding carboxylic acids is 1. The van der Waals surface area contributed by atoms with Gasteiger partial charge in [0.15, 0.2) is 11.5 Å². The van der Waals surface area contributed by atoms with Gasteiger partial charge >= 0.3 is 5.97 Å². The molecule has 0 radical (unpaired) electrons. The van der Waals surface area contributed by atoms with E-state index in [-0.39, 0.29) is 29.3 Å². The Bertz CT molecular complexity index is 982. The fourth-order valence-electron chi connectivity index (χ4n) is 2.66. The Labute approximate surface area is 134 Å². The van der Waals surface area contributed by atoms with Crippen molar-refractivity contribution >= 4 is 40.5 Å². The number of hydrogen-bond donors (Lipinski definition) is 2. The minimum absolute atomic E-state index is 0.0107. The molecule has 3 aromatic rings. The van der Waals surface area contributed by atoms with Gasteiger partial charge in [-0.2, -0.15) is 0 Å². The van der Waals surface area contributed by atoms with E-state index in [0.29, 0.717) is 16.2 Å². The highest BCUT2D eigenvalue weighted by Crippen LogP contribution is 2.32. The lowest BCUT2D eigenvalue weighted by atomic mass is 10.1. The first kappa shape index (κ1) is 13.7. The topological polar surface area (TPSA) is 99.2 Å². The molecule has 1 aliphatic heterocycles. The zero-order valence-corrected chi connectivity index (χ0v) is 12.3. The van der Waals surface area contributed by atoms with Gasteiger partial charge in [0, 0.05) is 22.3 Å². The molecule has 7 nitrogen and oxygen atoms in total. The summed E-state index contributed by atoms with van der Waals surface area (Å²) in [5, 5.41) is 9.69. The smallest absolute Gasteiger partial charge is 0.339 e. The maximum atomic E-state index is 12.5. The zero-order chi connectivity index (χ0) is 16.1. The normalized spacial score (nSPS) is 13.6. The van der Waals surface area contributed by atoms with E-state index in [4.69, 9.17) is 11.6 Å². The monoisotopic (exact) mass is 328 g/mol. The van der Waals surface area contributed by atoms with E-state index in [1.165, 1.54) is 17.3 Å². The van der Waals surface area contributed by atoms with Gasteiger partial charge in [0.05, 0.1) is 12.7 Å². The van der Waals surface area contributed by atoms with E-state index in [1.54, 1.807) is 18.2 Å². The predicted molar refractivity (Wildman–Crippen MR) is 82.8 cm³/mol. The van der Waals surface area contributed by atoms with Crippen LogP contribution in [0.2, 0.25) is 5.02 Å². The molecule has 4 rings (SSSR count). The molecule has 0 spiro atoms. The summed E-state index contributed by atoms with van der Waals surface area (Å²) in [5.74, 6) is -1.05. The van der Waals surface area contributed by atoms with E-state index in [0.717, 1.165) is 5.56 Å². The maximum absolute atomic E-state index is 12.5. The number of aromatic nitrogens is 3. The lowest BCUT2D eigenvalue weighted by Crippen LogP contribution is -2.24. The Morgan fingerprint density at radius 3 is 2.96 bits per heavy atom. The van der Waals surface area contributed by atoms with Crippen molar-refractivity contribution < 1.29 is 14.7 Å². The van der Waals surface area contributed by atoms with Gasteiger partial charge in [0.1, 0.15) is 11.1 Å². The molecule has 1 amide bonds. The van der Waals surface area contributed by atoms with Crippen LogP contribution in [0.3, 0.4) is 0 Å². The number of carbonyl (C=O) groups is 2. The molecule has 114 valence electrons. The molecule has 0 saturated carbocycles. The van der Waals surface area contributed by atoms with Gasteiger partial charge in [-0.3, -0.25) is 9.69 Å². The highest BCUT2D eigenvalue weighted by atomic mass is 35.5. The van der Waals surface area contributed by atoms with Crippen LogP contribution >= 0.6 is 11.6 Å². The summed E-state index contributed by atoms with van der Waals surface area (Å²) in [7, 11) is 0. The van der Waals surface area contributed by atoms with E-state index < -0.39 is 5.97 Å². The molecule has 23 heavy (non-hydrogen) atoms. The first-order valence-corrected chi connectivity index (χ1v) is 7.10. The number of H-pyrrole nitrogens is 1. The number of fused-ring (bicyclic) bond motifs is 2. The van der Waals surface area contributed by atoms with Crippen LogP contribution in [0.1, 0.15) is 26.3 Å². The molecular formula is C15H9ClN4O3. The van der Waals surface area contributed by atoms with Crippen LogP contribution in [0.25, 0.3) is 11.2 Å². The van der Waals surface area contributed by atoms with Crippen molar-refractivity contribution in [1.82, 2.24) is 15.0 Å². The summed E-state index contributed by atoms with van der Waals surface area (Å²) in [4.78, 5) is 36.3. The standard InChI is InChI=1S/C15H9ClN4O3/c16-10-3-1-2-7-9(10)6-20(14(7)21)11-5-18-13-12(19-11)8(4-17-13)15(22)23/h1-5H,6H2,(H,17,18)(H,22,23). The number of rotatable bonds is 2. The number of anilines is 1. The number of aromatic carboxylic acids is 1. The summed E-state index contributed by atoms with van der Waals surface area (Å²) >= 11 is 6.13. The van der Waals surface area contributed by atoms with Crippen LogP contribution in [0.4, 0.5) is 5.82 Å². The average Bonchev–Trinajstić information content (AvgIpc) is 3.09. The van der Waals surface area contributed by atoms with Gasteiger partial charge in [-0.15, -0.1) is 0 Å². The second-order valence-corrected chi connectivity index (χ2v) is 5.50. The van der Waals surface area contributed by atoms with Crippen molar-refractivity contribution in [3.05, 3.63) is 52.3 Å². The Morgan fingerprint density at radius 2 is 2.22 bits per heavy atom. The molecule has 2 N–H and O–H groups in total. The molecule has 2 aromatic heterocycles.